The smallest absolute Gasteiger partial charge is 0.271 e. The summed E-state index contributed by atoms with van der Waals surface area (Å²) in [6, 6.07) is 3.44. The van der Waals surface area contributed by atoms with Crippen LogP contribution in [0.1, 0.15) is 22.6 Å². The monoisotopic (exact) mass is 362 g/mol. The Hall–Kier alpha value is -2.22. The maximum atomic E-state index is 12.0. The maximum absolute atomic E-state index is 12.0. The Morgan fingerprint density at radius 1 is 1.41 bits per heavy atom. The highest BCUT2D eigenvalue weighted by molar-refractivity contribution is 9.10. The lowest BCUT2D eigenvalue weighted by atomic mass is 10.3. The van der Waals surface area contributed by atoms with E-state index in [0.717, 1.165) is 23.1 Å². The molecule has 0 atom stereocenters. The second-order valence-corrected chi connectivity index (χ2v) is 5.74. The Balaban J connectivity index is 1.51. The molecule has 7 nitrogen and oxygen atoms in total. The van der Waals surface area contributed by atoms with Crippen LogP contribution in [-0.2, 0) is 6.54 Å². The van der Waals surface area contributed by atoms with E-state index in [1.807, 2.05) is 17.8 Å². The molecule has 8 heteroatoms. The van der Waals surface area contributed by atoms with Gasteiger partial charge in [-0.1, -0.05) is 0 Å². The van der Waals surface area contributed by atoms with E-state index in [4.69, 9.17) is 0 Å². The molecule has 0 spiro atoms. The minimum atomic E-state index is -0.191. The summed E-state index contributed by atoms with van der Waals surface area (Å²) in [5, 5.41) is 11.4. The van der Waals surface area contributed by atoms with Gasteiger partial charge in [-0.2, -0.15) is 10.2 Å². The quantitative estimate of drug-likeness (QED) is 0.702. The van der Waals surface area contributed by atoms with Crippen LogP contribution in [-0.4, -0.2) is 36.8 Å². The summed E-state index contributed by atoms with van der Waals surface area (Å²) in [7, 11) is 0. The van der Waals surface area contributed by atoms with Crippen LogP contribution in [0.2, 0.25) is 0 Å². The maximum Gasteiger partial charge on any atom is 0.271 e. The molecule has 0 bridgehead atoms. The van der Waals surface area contributed by atoms with Crippen LogP contribution in [0.25, 0.3) is 5.65 Å². The van der Waals surface area contributed by atoms with Crippen LogP contribution in [0.15, 0.2) is 35.2 Å². The molecule has 0 unspecified atom stereocenters. The normalized spacial score (nSPS) is 11.0. The van der Waals surface area contributed by atoms with Crippen molar-refractivity contribution >= 4 is 27.5 Å². The van der Waals surface area contributed by atoms with Crippen molar-refractivity contribution in [2.45, 2.75) is 19.9 Å². The van der Waals surface area contributed by atoms with Crippen LogP contribution in [0, 0.1) is 6.92 Å². The fraction of sp³-hybridized carbons (Fsp3) is 0.286. The molecule has 1 N–H and O–H groups in total. The molecule has 1 amide bonds. The molecule has 114 valence electrons. The summed E-state index contributed by atoms with van der Waals surface area (Å²) in [6.45, 7) is 3.26. The van der Waals surface area contributed by atoms with Gasteiger partial charge < -0.3 is 5.32 Å². The van der Waals surface area contributed by atoms with E-state index in [-0.39, 0.29) is 5.91 Å². The lowest BCUT2D eigenvalue weighted by Gasteiger charge is -2.03. The molecule has 0 aliphatic heterocycles. The molecule has 0 saturated carbocycles. The number of amides is 1. The lowest BCUT2D eigenvalue weighted by molar-refractivity contribution is 0.0947. The number of halogens is 1. The molecule has 3 rings (SSSR count). The molecular formula is C14H15BrN6O. The first-order valence-electron chi connectivity index (χ1n) is 6.91. The van der Waals surface area contributed by atoms with E-state index in [9.17, 15) is 4.79 Å². The summed E-state index contributed by atoms with van der Waals surface area (Å²) in [5.74, 6) is -0.191. The third kappa shape index (κ3) is 3.16. The predicted molar refractivity (Wildman–Crippen MR) is 84.6 cm³/mol. The van der Waals surface area contributed by atoms with Crippen molar-refractivity contribution < 1.29 is 4.79 Å². The van der Waals surface area contributed by atoms with Crippen LogP contribution in [0.4, 0.5) is 0 Å². The highest BCUT2D eigenvalue weighted by Gasteiger charge is 2.10. The first kappa shape index (κ1) is 14.7. The summed E-state index contributed by atoms with van der Waals surface area (Å²) < 4.78 is 4.44. The van der Waals surface area contributed by atoms with E-state index in [1.54, 1.807) is 29.0 Å². The minimum absolute atomic E-state index is 0.191. The summed E-state index contributed by atoms with van der Waals surface area (Å²) in [5.41, 5.74) is 1.99. The van der Waals surface area contributed by atoms with Gasteiger partial charge in [-0.15, -0.1) is 0 Å². The molecule has 0 aromatic carbocycles. The highest BCUT2D eigenvalue weighted by Crippen LogP contribution is 2.13. The third-order valence-electron chi connectivity index (χ3n) is 3.20. The number of rotatable bonds is 5. The number of aryl methyl sites for hydroxylation is 2. The van der Waals surface area contributed by atoms with Gasteiger partial charge in [0, 0.05) is 37.7 Å². The van der Waals surface area contributed by atoms with Gasteiger partial charge >= 0.3 is 0 Å². The van der Waals surface area contributed by atoms with Gasteiger partial charge in [0.15, 0.2) is 11.3 Å². The zero-order chi connectivity index (χ0) is 15.5. The number of carbonyl (C=O) groups excluding carboxylic acids is 1. The Bertz CT molecular complexity index is 756. The van der Waals surface area contributed by atoms with E-state index in [2.05, 4.69) is 36.4 Å². The van der Waals surface area contributed by atoms with Crippen molar-refractivity contribution in [3.63, 3.8) is 0 Å². The molecule has 3 aromatic heterocycles. The van der Waals surface area contributed by atoms with Crippen LogP contribution in [0.3, 0.4) is 0 Å². The van der Waals surface area contributed by atoms with E-state index in [1.165, 1.54) is 0 Å². The van der Waals surface area contributed by atoms with E-state index < -0.39 is 0 Å². The van der Waals surface area contributed by atoms with Crippen LogP contribution >= 0.6 is 15.9 Å². The molecule has 0 fully saturated rings. The number of hydrogen-bond donors (Lipinski definition) is 1. The Morgan fingerprint density at radius 2 is 2.27 bits per heavy atom. The number of hydrogen-bond acceptors (Lipinski definition) is 4. The molecular weight excluding hydrogens is 348 g/mol. The van der Waals surface area contributed by atoms with Crippen molar-refractivity contribution in [3.05, 3.63) is 46.6 Å². The Labute approximate surface area is 135 Å². The number of nitrogens with zero attached hydrogens (tertiary/aromatic N) is 5. The molecule has 0 radical (unpaired) electrons. The van der Waals surface area contributed by atoms with Gasteiger partial charge in [-0.25, -0.2) is 9.50 Å². The summed E-state index contributed by atoms with van der Waals surface area (Å²) >= 11 is 3.43. The SMILES string of the molecule is Cc1nn(CCCNC(=O)c2cc3ncccn3n2)cc1Br. The average Bonchev–Trinajstić information content (AvgIpc) is 3.07. The largest absolute Gasteiger partial charge is 0.351 e. The minimum Gasteiger partial charge on any atom is -0.351 e. The summed E-state index contributed by atoms with van der Waals surface area (Å²) in [4.78, 5) is 16.2. The topological polar surface area (TPSA) is 77.1 Å². The zero-order valence-corrected chi connectivity index (χ0v) is 13.6. The van der Waals surface area contributed by atoms with E-state index >= 15 is 0 Å². The fourth-order valence-electron chi connectivity index (χ4n) is 2.08. The second-order valence-electron chi connectivity index (χ2n) is 4.89. The van der Waals surface area contributed by atoms with Crippen LogP contribution < -0.4 is 5.32 Å². The van der Waals surface area contributed by atoms with Crippen molar-refractivity contribution in [2.24, 2.45) is 0 Å². The van der Waals surface area contributed by atoms with Gasteiger partial charge in [0.2, 0.25) is 0 Å². The highest BCUT2D eigenvalue weighted by atomic mass is 79.9. The first-order valence-corrected chi connectivity index (χ1v) is 7.71. The van der Waals surface area contributed by atoms with Gasteiger partial charge in [0.1, 0.15) is 0 Å². The van der Waals surface area contributed by atoms with Gasteiger partial charge in [-0.3, -0.25) is 9.48 Å². The molecule has 3 aromatic rings. The second kappa shape index (κ2) is 6.27. The third-order valence-corrected chi connectivity index (χ3v) is 3.98. The first-order chi connectivity index (χ1) is 10.6. The standard InChI is InChI=1S/C14H15BrN6O/c1-10-11(15)9-20(18-10)6-2-5-17-14(22)12-8-13-16-4-3-7-21(13)19-12/h3-4,7-9H,2,5-6H2,1H3,(H,17,22). The molecule has 0 aliphatic rings. The number of fused-ring (bicyclic) bond motifs is 1. The predicted octanol–water partition coefficient (Wildman–Crippen LogP) is 1.82. The van der Waals surface area contributed by atoms with Gasteiger partial charge in [-0.05, 0) is 35.3 Å². The molecule has 0 aliphatic carbocycles. The number of aromatic nitrogens is 5. The fourth-order valence-corrected chi connectivity index (χ4v) is 2.40. The number of nitrogens with one attached hydrogen (secondary N) is 1. The van der Waals surface area contributed by atoms with Crippen molar-refractivity contribution in [2.75, 3.05) is 6.54 Å². The van der Waals surface area contributed by atoms with Gasteiger partial charge in [0.05, 0.1) is 10.2 Å². The molecule has 3 heterocycles. The van der Waals surface area contributed by atoms with Crippen LogP contribution in [0.5, 0.6) is 0 Å². The number of carbonyl (C=O) groups is 1. The molecule has 22 heavy (non-hydrogen) atoms. The van der Waals surface area contributed by atoms with Gasteiger partial charge in [0.25, 0.3) is 5.91 Å². The van der Waals surface area contributed by atoms with Crippen molar-refractivity contribution in [1.29, 1.82) is 0 Å². The Kier molecular flexibility index (Phi) is 4.19. The van der Waals surface area contributed by atoms with Crippen molar-refractivity contribution in [1.82, 2.24) is 29.7 Å². The average molecular weight is 363 g/mol. The lowest BCUT2D eigenvalue weighted by Crippen LogP contribution is -2.25. The summed E-state index contributed by atoms with van der Waals surface area (Å²) in [6.07, 6.45) is 6.16. The zero-order valence-electron chi connectivity index (χ0n) is 12.0. The molecule has 0 saturated heterocycles. The van der Waals surface area contributed by atoms with Crippen molar-refractivity contribution in [3.8, 4) is 0 Å². The Morgan fingerprint density at radius 3 is 3.00 bits per heavy atom. The van der Waals surface area contributed by atoms with E-state index in [0.29, 0.717) is 17.9 Å².